The number of halogens is 1. The van der Waals surface area contributed by atoms with E-state index in [1.807, 2.05) is 0 Å². The first-order valence-corrected chi connectivity index (χ1v) is 6.60. The molecule has 1 amide bonds. The lowest BCUT2D eigenvalue weighted by Gasteiger charge is -2.17. The summed E-state index contributed by atoms with van der Waals surface area (Å²) in [6.07, 6.45) is 0. The fourth-order valence-corrected chi connectivity index (χ4v) is 2.18. The van der Waals surface area contributed by atoms with E-state index in [4.69, 9.17) is 11.6 Å². The molecule has 0 heterocycles. The van der Waals surface area contributed by atoms with E-state index < -0.39 is 4.92 Å². The SMILES string of the molecule is CN(Cc1ccccc1[N+](=O)[O-])C(=O)c1cccc(Cl)c1. The average Bonchev–Trinajstić information content (AvgIpc) is 2.46. The summed E-state index contributed by atoms with van der Waals surface area (Å²) < 4.78 is 0. The molecule has 0 aliphatic rings. The summed E-state index contributed by atoms with van der Waals surface area (Å²) in [5.41, 5.74) is 0.937. The van der Waals surface area contributed by atoms with E-state index in [2.05, 4.69) is 0 Å². The highest BCUT2D eigenvalue weighted by molar-refractivity contribution is 6.30. The molecule has 0 atom stereocenters. The summed E-state index contributed by atoms with van der Waals surface area (Å²) in [4.78, 5) is 24.2. The zero-order valence-corrected chi connectivity index (χ0v) is 12.1. The van der Waals surface area contributed by atoms with Crippen molar-refractivity contribution in [3.05, 3.63) is 74.8 Å². The van der Waals surface area contributed by atoms with E-state index in [1.54, 1.807) is 49.5 Å². The summed E-state index contributed by atoms with van der Waals surface area (Å²) in [6.45, 7) is 0.155. The predicted octanol–water partition coefficient (Wildman–Crippen LogP) is 3.52. The van der Waals surface area contributed by atoms with Crippen LogP contribution in [0.15, 0.2) is 48.5 Å². The lowest BCUT2D eigenvalue weighted by atomic mass is 10.1. The van der Waals surface area contributed by atoms with Crippen LogP contribution in [0.1, 0.15) is 15.9 Å². The maximum atomic E-state index is 12.3. The molecule has 2 rings (SSSR count). The maximum Gasteiger partial charge on any atom is 0.274 e. The van der Waals surface area contributed by atoms with Gasteiger partial charge in [-0.3, -0.25) is 14.9 Å². The summed E-state index contributed by atoms with van der Waals surface area (Å²) in [6, 6.07) is 13.0. The van der Waals surface area contributed by atoms with Gasteiger partial charge in [0.25, 0.3) is 11.6 Å². The summed E-state index contributed by atoms with van der Waals surface area (Å²) >= 11 is 5.86. The zero-order chi connectivity index (χ0) is 15.4. The Labute approximate surface area is 126 Å². The van der Waals surface area contributed by atoms with E-state index in [9.17, 15) is 14.9 Å². The molecule has 0 aliphatic carbocycles. The first kappa shape index (κ1) is 15.0. The van der Waals surface area contributed by atoms with Gasteiger partial charge >= 0.3 is 0 Å². The maximum absolute atomic E-state index is 12.3. The van der Waals surface area contributed by atoms with Gasteiger partial charge in [-0.05, 0) is 18.2 Å². The lowest BCUT2D eigenvalue weighted by molar-refractivity contribution is -0.385. The van der Waals surface area contributed by atoms with Crippen molar-refractivity contribution >= 4 is 23.2 Å². The molecule has 2 aromatic rings. The molecule has 0 N–H and O–H groups in total. The van der Waals surface area contributed by atoms with Crippen LogP contribution in [0.25, 0.3) is 0 Å². The fraction of sp³-hybridized carbons (Fsp3) is 0.133. The number of hydrogen-bond donors (Lipinski definition) is 0. The molecule has 0 spiro atoms. The van der Waals surface area contributed by atoms with Crippen molar-refractivity contribution in [2.24, 2.45) is 0 Å². The third-order valence-electron chi connectivity index (χ3n) is 3.01. The Morgan fingerprint density at radius 3 is 2.62 bits per heavy atom. The summed E-state index contributed by atoms with van der Waals surface area (Å²) in [7, 11) is 1.60. The topological polar surface area (TPSA) is 63.4 Å². The number of nitrogens with zero attached hydrogens (tertiary/aromatic N) is 2. The number of rotatable bonds is 4. The van der Waals surface area contributed by atoms with Crippen LogP contribution in [-0.2, 0) is 6.54 Å². The number of hydrogen-bond acceptors (Lipinski definition) is 3. The Bertz CT molecular complexity index is 688. The lowest BCUT2D eigenvalue weighted by Crippen LogP contribution is -2.26. The molecule has 21 heavy (non-hydrogen) atoms. The smallest absolute Gasteiger partial charge is 0.274 e. The van der Waals surface area contributed by atoms with Crippen LogP contribution >= 0.6 is 11.6 Å². The number of benzene rings is 2. The van der Waals surface area contributed by atoms with Gasteiger partial charge in [-0.25, -0.2) is 0 Å². The molecule has 6 heteroatoms. The normalized spacial score (nSPS) is 10.2. The van der Waals surface area contributed by atoms with E-state index in [0.29, 0.717) is 16.1 Å². The Hall–Kier alpha value is -2.40. The minimum Gasteiger partial charge on any atom is -0.337 e. The van der Waals surface area contributed by atoms with Gasteiger partial charge in [-0.15, -0.1) is 0 Å². The van der Waals surface area contributed by atoms with Gasteiger partial charge in [0.2, 0.25) is 0 Å². The molecule has 2 aromatic carbocycles. The quantitative estimate of drug-likeness (QED) is 0.641. The molecule has 0 bridgehead atoms. The molecule has 0 saturated heterocycles. The van der Waals surface area contributed by atoms with Crippen LogP contribution in [0.4, 0.5) is 5.69 Å². The number of amides is 1. The van der Waals surface area contributed by atoms with E-state index >= 15 is 0 Å². The largest absolute Gasteiger partial charge is 0.337 e. The van der Waals surface area contributed by atoms with Crippen molar-refractivity contribution in [1.29, 1.82) is 0 Å². The number of carbonyl (C=O) groups excluding carboxylic acids is 1. The summed E-state index contributed by atoms with van der Waals surface area (Å²) in [5, 5.41) is 11.4. The number of para-hydroxylation sites is 1. The van der Waals surface area contributed by atoms with Gasteiger partial charge in [-0.2, -0.15) is 0 Å². The van der Waals surface area contributed by atoms with E-state index in [0.717, 1.165) is 0 Å². The van der Waals surface area contributed by atoms with Crippen LogP contribution in [0, 0.1) is 10.1 Å². The van der Waals surface area contributed by atoms with Gasteiger partial charge in [0, 0.05) is 29.3 Å². The standard InChI is InChI=1S/C15H13ClN2O3/c1-17(15(19)11-6-4-7-13(16)9-11)10-12-5-2-3-8-14(12)18(20)21/h2-9H,10H2,1H3. The monoisotopic (exact) mass is 304 g/mol. The third kappa shape index (κ3) is 3.58. The summed E-state index contributed by atoms with van der Waals surface area (Å²) in [5.74, 6) is -0.240. The number of nitro benzene ring substituents is 1. The van der Waals surface area contributed by atoms with Crippen molar-refractivity contribution in [2.45, 2.75) is 6.54 Å². The first-order valence-electron chi connectivity index (χ1n) is 6.22. The van der Waals surface area contributed by atoms with Gasteiger partial charge in [0.1, 0.15) is 0 Å². The van der Waals surface area contributed by atoms with Crippen molar-refractivity contribution in [3.8, 4) is 0 Å². The third-order valence-corrected chi connectivity index (χ3v) is 3.25. The highest BCUT2D eigenvalue weighted by Crippen LogP contribution is 2.20. The second-order valence-corrected chi connectivity index (χ2v) is 4.99. The Kier molecular flexibility index (Phi) is 4.55. The highest BCUT2D eigenvalue weighted by Gasteiger charge is 2.17. The van der Waals surface area contributed by atoms with Crippen LogP contribution in [0.2, 0.25) is 5.02 Å². The van der Waals surface area contributed by atoms with Crippen LogP contribution < -0.4 is 0 Å². The van der Waals surface area contributed by atoms with Crippen molar-refractivity contribution in [1.82, 2.24) is 4.90 Å². The van der Waals surface area contributed by atoms with Gasteiger partial charge in [0.05, 0.1) is 11.5 Å². The second kappa shape index (κ2) is 6.37. The fourth-order valence-electron chi connectivity index (χ4n) is 1.99. The van der Waals surface area contributed by atoms with Crippen molar-refractivity contribution in [2.75, 3.05) is 7.05 Å². The minimum atomic E-state index is -0.451. The zero-order valence-electron chi connectivity index (χ0n) is 11.3. The first-order chi connectivity index (χ1) is 9.99. The van der Waals surface area contributed by atoms with Crippen molar-refractivity contribution in [3.63, 3.8) is 0 Å². The minimum absolute atomic E-state index is 0.00300. The van der Waals surface area contributed by atoms with Crippen LogP contribution in [-0.4, -0.2) is 22.8 Å². The Morgan fingerprint density at radius 2 is 1.95 bits per heavy atom. The van der Waals surface area contributed by atoms with Gasteiger partial charge < -0.3 is 4.90 Å². The van der Waals surface area contributed by atoms with E-state index in [1.165, 1.54) is 11.0 Å². The molecule has 0 saturated carbocycles. The van der Waals surface area contributed by atoms with E-state index in [-0.39, 0.29) is 18.1 Å². The van der Waals surface area contributed by atoms with Crippen LogP contribution in [0.5, 0.6) is 0 Å². The molecular weight excluding hydrogens is 292 g/mol. The number of nitro groups is 1. The van der Waals surface area contributed by atoms with Crippen LogP contribution in [0.3, 0.4) is 0 Å². The predicted molar refractivity (Wildman–Crippen MR) is 80.3 cm³/mol. The molecule has 108 valence electrons. The molecule has 0 fully saturated rings. The Balaban J connectivity index is 2.20. The molecule has 5 nitrogen and oxygen atoms in total. The molecule has 0 aliphatic heterocycles. The van der Waals surface area contributed by atoms with Gasteiger partial charge in [0.15, 0.2) is 0 Å². The number of carbonyl (C=O) groups is 1. The molecule has 0 aromatic heterocycles. The Morgan fingerprint density at radius 1 is 1.24 bits per heavy atom. The molecular formula is C15H13ClN2O3. The van der Waals surface area contributed by atoms with Gasteiger partial charge in [-0.1, -0.05) is 35.9 Å². The molecule has 0 radical (unpaired) electrons. The molecule has 0 unspecified atom stereocenters. The van der Waals surface area contributed by atoms with Crippen molar-refractivity contribution < 1.29 is 9.72 Å². The average molecular weight is 305 g/mol. The highest BCUT2D eigenvalue weighted by atomic mass is 35.5. The second-order valence-electron chi connectivity index (χ2n) is 4.56.